The molecule has 0 bridgehead atoms. The predicted octanol–water partition coefficient (Wildman–Crippen LogP) is -0.598. The number of nitrogens with two attached hydrogens (primary N) is 1. The van der Waals surface area contributed by atoms with Crippen molar-refractivity contribution in [2.45, 2.75) is 0 Å². The van der Waals surface area contributed by atoms with Crippen molar-refractivity contribution in [2.24, 2.45) is 5.14 Å². The largest absolute Gasteiger partial charge is 0.410 e. The molecule has 0 aliphatic rings. The molecule has 0 aromatic heterocycles. The van der Waals surface area contributed by atoms with Crippen LogP contribution in [0.5, 0.6) is 0 Å². The summed E-state index contributed by atoms with van der Waals surface area (Å²) in [5.74, 6) is 0. The summed E-state index contributed by atoms with van der Waals surface area (Å²) < 4.78 is 0. The van der Waals surface area contributed by atoms with Crippen LogP contribution in [0.15, 0.2) is 0 Å². The van der Waals surface area contributed by atoms with Gasteiger partial charge in [0.25, 0.3) is 0 Å². The van der Waals surface area contributed by atoms with Gasteiger partial charge in [0.1, 0.15) is 0 Å². The molecule has 0 fully saturated rings. The minimum absolute atomic E-state index is 0.694. The van der Waals surface area contributed by atoms with Crippen LogP contribution in [0.25, 0.3) is 0 Å². The molecule has 26 valence electrons. The Bertz CT molecular complexity index is 51.7. The van der Waals surface area contributed by atoms with Gasteiger partial charge < -0.3 is 5.14 Å². The Hall–Kier alpha value is 0.750. The average Bonchev–Trinajstić information content (AvgIpc) is 0.811. The van der Waals surface area contributed by atoms with Gasteiger partial charge in [-0.05, 0) is 0 Å². The van der Waals surface area contributed by atoms with Crippen molar-refractivity contribution in [1.29, 1.82) is 0 Å². The first kappa shape index (κ1) is 4.75. The highest BCUT2D eigenvalue weighted by molar-refractivity contribution is 8.45. The zero-order chi connectivity index (χ0) is 3.58. The molecule has 0 saturated carbocycles. The van der Waals surface area contributed by atoms with Crippen LogP contribution in [-0.2, 0) is 30.6 Å². The summed E-state index contributed by atoms with van der Waals surface area (Å²) in [6.07, 6.45) is 0. The smallest absolute Gasteiger partial charge is 0.245 e. The maximum absolute atomic E-state index is 4.77. The van der Waals surface area contributed by atoms with Gasteiger partial charge in [0.2, 0.25) is 0 Å². The molecule has 0 aromatic carbocycles. The molecule has 0 heterocycles. The van der Waals surface area contributed by atoms with E-state index in [0.717, 1.165) is 0 Å². The Morgan fingerprint density at radius 1 is 1.50 bits per heavy atom. The van der Waals surface area contributed by atoms with Crippen LogP contribution < -0.4 is 5.14 Å². The molecule has 0 aliphatic carbocycles. The molecule has 0 aliphatic heterocycles. The summed E-state index contributed by atoms with van der Waals surface area (Å²) in [7, 11) is -0.694. The molecule has 4 heavy (non-hydrogen) atoms. The predicted molar refractivity (Wildman–Crippen MR) is 26.3 cm³/mol. The van der Waals surface area contributed by atoms with Crippen LogP contribution in [0.4, 0.5) is 0 Å². The van der Waals surface area contributed by atoms with Gasteiger partial charge in [-0.15, -0.1) is 0 Å². The lowest BCUT2D eigenvalue weighted by Crippen LogP contribution is -1.81. The summed E-state index contributed by atoms with van der Waals surface area (Å²) in [6, 6.07) is 0. The van der Waals surface area contributed by atoms with Crippen LogP contribution in [-0.4, -0.2) is 0 Å². The molecule has 0 saturated heterocycles. The third-order valence-corrected chi connectivity index (χ3v) is 0. The Morgan fingerprint density at radius 3 is 1.50 bits per heavy atom. The Labute approximate surface area is 36.2 Å². The molecular formula is H2NS3-. The van der Waals surface area contributed by atoms with E-state index in [9.17, 15) is 0 Å². The molecule has 0 amide bonds. The molecular weight excluding hydrogens is 110 g/mol. The zero-order valence-electron chi connectivity index (χ0n) is 1.80. The standard InChI is InChI=1S/H2NS3/c1-4(2)3/h(H2,1,2,3)/q-1. The molecule has 1 nitrogen and oxygen atoms in total. The lowest BCUT2D eigenvalue weighted by atomic mass is 14.0. The van der Waals surface area contributed by atoms with Crippen molar-refractivity contribution in [3.63, 3.8) is 0 Å². The molecule has 0 unspecified atom stereocenters. The first-order valence-electron chi connectivity index (χ1n) is 0.569. The highest BCUT2D eigenvalue weighted by atomic mass is 33.1. The fraction of sp³-hybridized carbons (Fsp3) is 0. The highest BCUT2D eigenvalue weighted by Crippen LogP contribution is 1.24. The molecule has 0 spiro atoms. The van der Waals surface area contributed by atoms with E-state index < -0.39 is 8.20 Å². The van der Waals surface area contributed by atoms with Gasteiger partial charge in [-0.25, -0.2) is 22.4 Å². The van der Waals surface area contributed by atoms with Crippen molar-refractivity contribution in [2.75, 3.05) is 0 Å². The fourth-order valence-corrected chi connectivity index (χ4v) is 0. The summed E-state index contributed by atoms with van der Waals surface area (Å²) in [6.45, 7) is 0. The van der Waals surface area contributed by atoms with E-state index >= 15 is 0 Å². The molecule has 0 radical (unpaired) electrons. The second-order valence-corrected chi connectivity index (χ2v) is 3.57. The van der Waals surface area contributed by atoms with Crippen molar-refractivity contribution in [1.82, 2.24) is 0 Å². The van der Waals surface area contributed by atoms with Crippen molar-refractivity contribution >= 4 is 30.6 Å². The number of hydrogen-bond donors (Lipinski definition) is 1. The SMILES string of the molecule is N[S-](=S)=S. The van der Waals surface area contributed by atoms with E-state index in [0.29, 0.717) is 0 Å². The Kier molecular flexibility index (Phi) is 2.39. The molecule has 0 atom stereocenters. The van der Waals surface area contributed by atoms with Gasteiger partial charge in [0.15, 0.2) is 0 Å². The topological polar surface area (TPSA) is 26.0 Å². The second kappa shape index (κ2) is 2.02. The normalized spacial score (nSPS) is 8.50. The maximum atomic E-state index is 4.77. The first-order chi connectivity index (χ1) is 1.73. The van der Waals surface area contributed by atoms with Crippen LogP contribution in [0, 0.1) is 0 Å². The minimum atomic E-state index is -0.694. The quantitative estimate of drug-likeness (QED) is 0.424. The summed E-state index contributed by atoms with van der Waals surface area (Å²) in [5.41, 5.74) is 0. The van der Waals surface area contributed by atoms with E-state index in [2.05, 4.69) is 22.4 Å². The summed E-state index contributed by atoms with van der Waals surface area (Å²) in [5, 5.41) is 4.77. The average molecular weight is 112 g/mol. The Morgan fingerprint density at radius 2 is 1.50 bits per heavy atom. The van der Waals surface area contributed by atoms with Gasteiger partial charge in [0, 0.05) is 0 Å². The first-order valence-corrected chi connectivity index (χ1v) is 3.71. The molecule has 2 N–H and O–H groups in total. The number of hydrogen-bond acceptors (Lipinski definition) is 3. The van der Waals surface area contributed by atoms with Gasteiger partial charge >= 0.3 is 0 Å². The third kappa shape index (κ3) is 15.0. The number of rotatable bonds is 0. The van der Waals surface area contributed by atoms with Crippen LogP contribution in [0.3, 0.4) is 0 Å². The highest BCUT2D eigenvalue weighted by Gasteiger charge is 1.11. The summed E-state index contributed by atoms with van der Waals surface area (Å²) >= 11 is 8.48. The Balaban J connectivity index is 3.51. The van der Waals surface area contributed by atoms with Crippen LogP contribution in [0.1, 0.15) is 0 Å². The maximum Gasteiger partial charge on any atom is -0.245 e. The van der Waals surface area contributed by atoms with Gasteiger partial charge in [-0.3, -0.25) is 8.20 Å². The van der Waals surface area contributed by atoms with E-state index in [1.165, 1.54) is 0 Å². The molecule has 4 heteroatoms. The lowest BCUT2D eigenvalue weighted by molar-refractivity contribution is 2.07. The molecule has 0 rings (SSSR count). The van der Waals surface area contributed by atoms with E-state index in [1.807, 2.05) is 0 Å². The van der Waals surface area contributed by atoms with E-state index in [4.69, 9.17) is 5.14 Å². The van der Waals surface area contributed by atoms with E-state index in [1.54, 1.807) is 0 Å². The molecule has 0 aromatic rings. The van der Waals surface area contributed by atoms with Crippen molar-refractivity contribution < 1.29 is 0 Å². The van der Waals surface area contributed by atoms with Crippen molar-refractivity contribution in [3.8, 4) is 0 Å². The van der Waals surface area contributed by atoms with Crippen molar-refractivity contribution in [3.05, 3.63) is 0 Å². The van der Waals surface area contributed by atoms with Crippen LogP contribution >= 0.6 is 0 Å². The van der Waals surface area contributed by atoms with Gasteiger partial charge in [0.05, 0.1) is 0 Å². The fourth-order valence-electron chi connectivity index (χ4n) is 0. The lowest BCUT2D eigenvalue weighted by Gasteiger charge is -1.72. The second-order valence-electron chi connectivity index (χ2n) is 0.260. The third-order valence-electron chi connectivity index (χ3n) is 0. The summed E-state index contributed by atoms with van der Waals surface area (Å²) in [4.78, 5) is 0. The van der Waals surface area contributed by atoms with Crippen LogP contribution in [0.2, 0.25) is 0 Å². The van der Waals surface area contributed by atoms with Gasteiger partial charge in [-0.1, -0.05) is 0 Å². The monoisotopic (exact) mass is 112 g/mol. The van der Waals surface area contributed by atoms with Gasteiger partial charge in [-0.2, -0.15) is 0 Å². The van der Waals surface area contributed by atoms with E-state index in [-0.39, 0.29) is 0 Å². The minimum Gasteiger partial charge on any atom is -0.410 e. The zero-order valence-corrected chi connectivity index (χ0v) is 4.25.